The quantitative estimate of drug-likeness (QED) is 0.788. The number of rotatable bonds is 2. The van der Waals surface area contributed by atoms with Crippen LogP contribution >= 0.6 is 0 Å². The van der Waals surface area contributed by atoms with E-state index in [-0.39, 0.29) is 30.3 Å². The van der Waals surface area contributed by atoms with Crippen molar-refractivity contribution in [3.8, 4) is 0 Å². The van der Waals surface area contributed by atoms with Gasteiger partial charge in [0.15, 0.2) is 0 Å². The van der Waals surface area contributed by atoms with Crippen molar-refractivity contribution in [2.45, 2.75) is 58.0 Å². The third kappa shape index (κ3) is 2.61. The largest absolute Gasteiger partial charge is 0.343 e. The second-order valence-electron chi connectivity index (χ2n) is 5.55. The minimum absolute atomic E-state index is 0.00567. The van der Waals surface area contributed by atoms with Crippen molar-refractivity contribution >= 4 is 11.8 Å². The summed E-state index contributed by atoms with van der Waals surface area (Å²) in [6.07, 6.45) is 5.75. The summed E-state index contributed by atoms with van der Waals surface area (Å²) in [6, 6.07) is -0.0262. The number of carbonyl (C=O) groups excluding carboxylic acids is 2. The zero-order valence-electron chi connectivity index (χ0n) is 10.7. The van der Waals surface area contributed by atoms with Gasteiger partial charge in [-0.05, 0) is 18.8 Å². The summed E-state index contributed by atoms with van der Waals surface area (Å²) in [5.41, 5.74) is 0. The molecule has 2 amide bonds. The van der Waals surface area contributed by atoms with Crippen LogP contribution in [0.25, 0.3) is 0 Å². The highest BCUT2D eigenvalue weighted by molar-refractivity contribution is 5.95. The van der Waals surface area contributed by atoms with Gasteiger partial charge >= 0.3 is 0 Å². The molecule has 96 valence electrons. The Labute approximate surface area is 103 Å². The molecule has 1 aliphatic heterocycles. The molecule has 0 aromatic carbocycles. The molecule has 1 unspecified atom stereocenters. The van der Waals surface area contributed by atoms with Gasteiger partial charge in [0.2, 0.25) is 11.8 Å². The van der Waals surface area contributed by atoms with E-state index >= 15 is 0 Å². The van der Waals surface area contributed by atoms with Gasteiger partial charge in [-0.1, -0.05) is 33.1 Å². The summed E-state index contributed by atoms with van der Waals surface area (Å²) in [7, 11) is 0. The standard InChI is InChI=1S/C13H22N2O2/c1-9(2)12-13(17)15(8-11(16)14-12)10-6-4-3-5-7-10/h9-10,12H,3-8H2,1-2H3,(H,14,16). The summed E-state index contributed by atoms with van der Waals surface area (Å²) < 4.78 is 0. The van der Waals surface area contributed by atoms with Crippen molar-refractivity contribution in [2.24, 2.45) is 5.92 Å². The molecule has 2 fully saturated rings. The molecular formula is C13H22N2O2. The number of hydrogen-bond donors (Lipinski definition) is 1. The zero-order chi connectivity index (χ0) is 12.4. The molecule has 0 bridgehead atoms. The van der Waals surface area contributed by atoms with E-state index in [2.05, 4.69) is 5.32 Å². The van der Waals surface area contributed by atoms with Gasteiger partial charge in [0, 0.05) is 6.04 Å². The molecule has 2 rings (SSSR count). The molecule has 4 nitrogen and oxygen atoms in total. The Kier molecular flexibility index (Phi) is 3.69. The number of nitrogens with one attached hydrogen (secondary N) is 1. The van der Waals surface area contributed by atoms with E-state index < -0.39 is 0 Å². The maximum atomic E-state index is 12.3. The lowest BCUT2D eigenvalue weighted by molar-refractivity contribution is -0.148. The predicted molar refractivity (Wildman–Crippen MR) is 65.4 cm³/mol. The minimum atomic E-state index is -0.321. The van der Waals surface area contributed by atoms with Crippen LogP contribution in [0.2, 0.25) is 0 Å². The van der Waals surface area contributed by atoms with Gasteiger partial charge in [-0.15, -0.1) is 0 Å². The topological polar surface area (TPSA) is 49.4 Å². The smallest absolute Gasteiger partial charge is 0.246 e. The first kappa shape index (κ1) is 12.4. The molecule has 0 aromatic rings. The SMILES string of the molecule is CC(C)C1NC(=O)CN(C2CCCCC2)C1=O. The van der Waals surface area contributed by atoms with Crippen LogP contribution in [0.4, 0.5) is 0 Å². The van der Waals surface area contributed by atoms with Crippen molar-refractivity contribution < 1.29 is 9.59 Å². The first-order valence-electron chi connectivity index (χ1n) is 6.69. The highest BCUT2D eigenvalue weighted by atomic mass is 16.2. The van der Waals surface area contributed by atoms with E-state index in [9.17, 15) is 9.59 Å². The van der Waals surface area contributed by atoms with Crippen molar-refractivity contribution in [1.82, 2.24) is 10.2 Å². The van der Waals surface area contributed by atoms with Gasteiger partial charge in [-0.25, -0.2) is 0 Å². The molecule has 1 saturated heterocycles. The molecule has 1 N–H and O–H groups in total. The van der Waals surface area contributed by atoms with E-state index in [1.54, 1.807) is 0 Å². The Morgan fingerprint density at radius 1 is 1.18 bits per heavy atom. The summed E-state index contributed by atoms with van der Waals surface area (Å²) >= 11 is 0. The van der Waals surface area contributed by atoms with Gasteiger partial charge in [-0.3, -0.25) is 9.59 Å². The molecule has 0 aromatic heterocycles. The van der Waals surface area contributed by atoms with Gasteiger partial charge < -0.3 is 10.2 Å². The minimum Gasteiger partial charge on any atom is -0.343 e. The fourth-order valence-electron chi connectivity index (χ4n) is 2.85. The maximum absolute atomic E-state index is 12.3. The molecule has 1 atom stereocenters. The average Bonchev–Trinajstić information content (AvgIpc) is 2.32. The lowest BCUT2D eigenvalue weighted by atomic mass is 9.91. The Morgan fingerprint density at radius 3 is 2.41 bits per heavy atom. The van der Waals surface area contributed by atoms with E-state index in [1.165, 1.54) is 19.3 Å². The van der Waals surface area contributed by atoms with Crippen LogP contribution in [0.1, 0.15) is 46.0 Å². The van der Waals surface area contributed by atoms with Crippen molar-refractivity contribution in [2.75, 3.05) is 6.54 Å². The Hall–Kier alpha value is -1.06. The fourth-order valence-corrected chi connectivity index (χ4v) is 2.85. The van der Waals surface area contributed by atoms with Crippen LogP contribution in [0.5, 0.6) is 0 Å². The summed E-state index contributed by atoms with van der Waals surface area (Å²) in [6.45, 7) is 4.22. The van der Waals surface area contributed by atoms with E-state index in [0.29, 0.717) is 6.04 Å². The van der Waals surface area contributed by atoms with Crippen LogP contribution in [0.3, 0.4) is 0 Å². The molecule has 17 heavy (non-hydrogen) atoms. The Morgan fingerprint density at radius 2 is 1.82 bits per heavy atom. The van der Waals surface area contributed by atoms with Crippen molar-refractivity contribution in [3.05, 3.63) is 0 Å². The molecular weight excluding hydrogens is 216 g/mol. The van der Waals surface area contributed by atoms with Crippen LogP contribution in [-0.2, 0) is 9.59 Å². The normalized spacial score (nSPS) is 27.5. The van der Waals surface area contributed by atoms with Crippen molar-refractivity contribution in [3.63, 3.8) is 0 Å². The summed E-state index contributed by atoms with van der Waals surface area (Å²) in [5.74, 6) is 0.276. The Balaban J connectivity index is 2.09. The fraction of sp³-hybridized carbons (Fsp3) is 0.846. The monoisotopic (exact) mass is 238 g/mol. The summed E-state index contributed by atoms with van der Waals surface area (Å²) in [4.78, 5) is 25.8. The van der Waals surface area contributed by atoms with Gasteiger partial charge in [0.05, 0.1) is 6.54 Å². The molecule has 0 radical (unpaired) electrons. The second kappa shape index (κ2) is 5.07. The predicted octanol–water partition coefficient (Wildman–Crippen LogP) is 1.30. The third-order valence-electron chi connectivity index (χ3n) is 3.86. The number of carbonyl (C=O) groups is 2. The second-order valence-corrected chi connectivity index (χ2v) is 5.55. The van der Waals surface area contributed by atoms with Crippen LogP contribution in [0, 0.1) is 5.92 Å². The third-order valence-corrected chi connectivity index (χ3v) is 3.86. The van der Waals surface area contributed by atoms with E-state index in [0.717, 1.165) is 12.8 Å². The number of nitrogens with zero attached hydrogens (tertiary/aromatic N) is 1. The number of hydrogen-bond acceptors (Lipinski definition) is 2. The Bertz CT molecular complexity index is 309. The highest BCUT2D eigenvalue weighted by Crippen LogP contribution is 2.25. The first-order valence-corrected chi connectivity index (χ1v) is 6.69. The first-order chi connectivity index (χ1) is 8.09. The molecule has 2 aliphatic rings. The van der Waals surface area contributed by atoms with Crippen LogP contribution in [-0.4, -0.2) is 35.3 Å². The molecule has 0 spiro atoms. The van der Waals surface area contributed by atoms with Gasteiger partial charge in [0.1, 0.15) is 6.04 Å². The molecule has 1 aliphatic carbocycles. The zero-order valence-corrected chi connectivity index (χ0v) is 10.7. The van der Waals surface area contributed by atoms with Gasteiger partial charge in [0.25, 0.3) is 0 Å². The molecule has 4 heteroatoms. The lowest BCUT2D eigenvalue weighted by Gasteiger charge is -2.40. The molecule has 1 heterocycles. The van der Waals surface area contributed by atoms with Crippen LogP contribution < -0.4 is 5.32 Å². The maximum Gasteiger partial charge on any atom is 0.246 e. The van der Waals surface area contributed by atoms with E-state index in [1.807, 2.05) is 18.7 Å². The number of amides is 2. The molecule has 1 saturated carbocycles. The highest BCUT2D eigenvalue weighted by Gasteiger charge is 2.37. The van der Waals surface area contributed by atoms with Crippen LogP contribution in [0.15, 0.2) is 0 Å². The lowest BCUT2D eigenvalue weighted by Crippen LogP contribution is -2.62. The van der Waals surface area contributed by atoms with Gasteiger partial charge in [-0.2, -0.15) is 0 Å². The average molecular weight is 238 g/mol. The number of piperazine rings is 1. The van der Waals surface area contributed by atoms with E-state index in [4.69, 9.17) is 0 Å². The van der Waals surface area contributed by atoms with Crippen molar-refractivity contribution in [1.29, 1.82) is 0 Å². The summed E-state index contributed by atoms with van der Waals surface area (Å²) in [5, 5.41) is 2.80.